The number of ether oxygens (including phenoxy) is 2. The number of fused-ring (bicyclic) bond motifs is 1. The highest BCUT2D eigenvalue weighted by Crippen LogP contribution is 2.26. The van der Waals surface area contributed by atoms with Crippen LogP contribution in [-0.2, 0) is 16.0 Å². The number of aromatic nitrogens is 2. The Kier molecular flexibility index (Phi) is 5.18. The summed E-state index contributed by atoms with van der Waals surface area (Å²) in [7, 11) is 1.31. The molecule has 1 aliphatic heterocycles. The summed E-state index contributed by atoms with van der Waals surface area (Å²) in [5, 5.41) is 0.359. The zero-order valence-electron chi connectivity index (χ0n) is 15.6. The van der Waals surface area contributed by atoms with Crippen LogP contribution in [0.3, 0.4) is 0 Å². The Hall–Kier alpha value is -3.03. The van der Waals surface area contributed by atoms with Gasteiger partial charge >= 0.3 is 5.97 Å². The van der Waals surface area contributed by atoms with Crippen molar-refractivity contribution in [1.29, 1.82) is 0 Å². The van der Waals surface area contributed by atoms with E-state index in [0.717, 1.165) is 44.0 Å². The van der Waals surface area contributed by atoms with Crippen LogP contribution in [0, 0.1) is 0 Å². The second-order valence-electron chi connectivity index (χ2n) is 6.73. The monoisotopic (exact) mass is 379 g/mol. The molecule has 2 aromatic carbocycles. The summed E-state index contributed by atoms with van der Waals surface area (Å²) in [4.78, 5) is 33.5. The number of morpholine rings is 1. The third kappa shape index (κ3) is 3.67. The number of benzene rings is 2. The van der Waals surface area contributed by atoms with Crippen LogP contribution in [0.15, 0.2) is 47.5 Å². The number of hydrogen-bond donors (Lipinski definition) is 1. The molecule has 1 aliphatic rings. The molecule has 7 heteroatoms. The van der Waals surface area contributed by atoms with Gasteiger partial charge in [0.1, 0.15) is 0 Å². The van der Waals surface area contributed by atoms with Gasteiger partial charge in [0.05, 0.1) is 43.1 Å². The summed E-state index contributed by atoms with van der Waals surface area (Å²) in [6, 6.07) is 11.6. The SMILES string of the molecule is COC(=O)c1cc(-c2ccc(CN3CCOCC3)cc2)cc2c(=O)[nH]cnc12. The molecule has 144 valence electrons. The molecular weight excluding hydrogens is 358 g/mol. The van der Waals surface area contributed by atoms with Crippen molar-refractivity contribution in [3.63, 3.8) is 0 Å². The predicted molar refractivity (Wildman–Crippen MR) is 105 cm³/mol. The van der Waals surface area contributed by atoms with E-state index in [1.165, 1.54) is 19.0 Å². The Bertz CT molecular complexity index is 1050. The highest BCUT2D eigenvalue weighted by atomic mass is 16.5. The number of methoxy groups -OCH3 is 1. The second kappa shape index (κ2) is 7.92. The number of nitrogens with one attached hydrogen (secondary N) is 1. The number of carbonyl (C=O) groups excluding carboxylic acids is 1. The topological polar surface area (TPSA) is 84.5 Å². The third-order valence-electron chi connectivity index (χ3n) is 4.95. The van der Waals surface area contributed by atoms with E-state index in [4.69, 9.17) is 9.47 Å². The molecule has 0 atom stereocenters. The summed E-state index contributed by atoms with van der Waals surface area (Å²) < 4.78 is 10.3. The number of nitrogens with zero attached hydrogens (tertiary/aromatic N) is 2. The van der Waals surface area contributed by atoms with Gasteiger partial charge in [0.2, 0.25) is 0 Å². The van der Waals surface area contributed by atoms with Gasteiger partial charge in [-0.25, -0.2) is 9.78 Å². The first-order chi connectivity index (χ1) is 13.7. The second-order valence-corrected chi connectivity index (χ2v) is 6.73. The predicted octanol–water partition coefficient (Wildman–Crippen LogP) is 2.21. The van der Waals surface area contributed by atoms with Gasteiger partial charge in [0, 0.05) is 19.6 Å². The lowest BCUT2D eigenvalue weighted by Gasteiger charge is -2.26. The molecule has 28 heavy (non-hydrogen) atoms. The first-order valence-electron chi connectivity index (χ1n) is 9.15. The highest BCUT2D eigenvalue weighted by Gasteiger charge is 2.16. The van der Waals surface area contributed by atoms with E-state index in [-0.39, 0.29) is 11.1 Å². The summed E-state index contributed by atoms with van der Waals surface area (Å²) in [6.07, 6.45) is 1.29. The van der Waals surface area contributed by atoms with Gasteiger partial charge in [0.25, 0.3) is 5.56 Å². The van der Waals surface area contributed by atoms with E-state index in [1.807, 2.05) is 12.1 Å². The molecule has 1 fully saturated rings. The summed E-state index contributed by atoms with van der Waals surface area (Å²) in [5.74, 6) is -0.520. The van der Waals surface area contributed by atoms with Gasteiger partial charge in [0.15, 0.2) is 0 Å². The van der Waals surface area contributed by atoms with Crippen LogP contribution >= 0.6 is 0 Å². The molecule has 0 saturated carbocycles. The summed E-state index contributed by atoms with van der Waals surface area (Å²) in [5.41, 5.74) is 3.22. The van der Waals surface area contributed by atoms with E-state index >= 15 is 0 Å². The van der Waals surface area contributed by atoms with Crippen molar-refractivity contribution in [3.05, 3.63) is 64.2 Å². The number of hydrogen-bond acceptors (Lipinski definition) is 6. The van der Waals surface area contributed by atoms with Crippen LogP contribution in [-0.4, -0.2) is 54.3 Å². The fraction of sp³-hybridized carbons (Fsp3) is 0.286. The van der Waals surface area contributed by atoms with Crippen molar-refractivity contribution in [2.24, 2.45) is 0 Å². The number of rotatable bonds is 4. The fourth-order valence-corrected chi connectivity index (χ4v) is 3.43. The van der Waals surface area contributed by atoms with Crippen LogP contribution < -0.4 is 5.56 Å². The van der Waals surface area contributed by atoms with Gasteiger partial charge < -0.3 is 14.5 Å². The lowest BCUT2D eigenvalue weighted by atomic mass is 9.99. The molecular formula is C21H21N3O4. The van der Waals surface area contributed by atoms with Gasteiger partial charge in [-0.3, -0.25) is 9.69 Å². The molecule has 2 heterocycles. The molecule has 1 N–H and O–H groups in total. The molecule has 1 saturated heterocycles. The quantitative estimate of drug-likeness (QED) is 0.700. The standard InChI is InChI=1S/C21H21N3O4/c1-27-21(26)18-11-16(10-17-19(18)22-13-23-20(17)25)15-4-2-14(3-5-15)12-24-6-8-28-9-7-24/h2-5,10-11,13H,6-9,12H2,1H3,(H,22,23,25). The van der Waals surface area contributed by atoms with Gasteiger partial charge in [-0.2, -0.15) is 0 Å². The molecule has 7 nitrogen and oxygen atoms in total. The maximum atomic E-state index is 12.2. The smallest absolute Gasteiger partial charge is 0.340 e. The largest absolute Gasteiger partial charge is 0.465 e. The first-order valence-corrected chi connectivity index (χ1v) is 9.15. The molecule has 1 aromatic heterocycles. The maximum Gasteiger partial charge on any atom is 0.340 e. The summed E-state index contributed by atoms with van der Waals surface area (Å²) >= 11 is 0. The third-order valence-corrected chi connectivity index (χ3v) is 4.95. The van der Waals surface area contributed by atoms with Crippen LogP contribution in [0.5, 0.6) is 0 Å². The normalized spacial score (nSPS) is 14.9. The Morgan fingerprint density at radius 1 is 1.18 bits per heavy atom. The lowest BCUT2D eigenvalue weighted by Crippen LogP contribution is -2.35. The Labute approximate surface area is 161 Å². The van der Waals surface area contributed by atoms with E-state index in [0.29, 0.717) is 10.9 Å². The number of aromatic amines is 1. The van der Waals surface area contributed by atoms with Crippen molar-refractivity contribution in [2.45, 2.75) is 6.54 Å². The van der Waals surface area contributed by atoms with Gasteiger partial charge in [-0.1, -0.05) is 24.3 Å². The molecule has 0 amide bonds. The number of H-pyrrole nitrogens is 1. The molecule has 0 bridgehead atoms. The van der Waals surface area contributed by atoms with Crippen molar-refractivity contribution < 1.29 is 14.3 Å². The van der Waals surface area contributed by atoms with Crippen LogP contribution in [0.4, 0.5) is 0 Å². The molecule has 0 radical (unpaired) electrons. The Morgan fingerprint density at radius 3 is 2.64 bits per heavy atom. The van der Waals surface area contributed by atoms with Gasteiger partial charge in [-0.15, -0.1) is 0 Å². The highest BCUT2D eigenvalue weighted by molar-refractivity contribution is 6.04. The molecule has 0 unspecified atom stereocenters. The average Bonchev–Trinajstić information content (AvgIpc) is 2.74. The van der Waals surface area contributed by atoms with E-state index in [2.05, 4.69) is 27.0 Å². The Morgan fingerprint density at radius 2 is 1.93 bits per heavy atom. The van der Waals surface area contributed by atoms with Crippen molar-refractivity contribution in [1.82, 2.24) is 14.9 Å². The number of carbonyl (C=O) groups is 1. The minimum atomic E-state index is -0.520. The average molecular weight is 379 g/mol. The van der Waals surface area contributed by atoms with Crippen LogP contribution in [0.1, 0.15) is 15.9 Å². The minimum absolute atomic E-state index is 0.276. The zero-order valence-corrected chi connectivity index (χ0v) is 15.6. The van der Waals surface area contributed by atoms with Crippen molar-refractivity contribution in [2.75, 3.05) is 33.4 Å². The van der Waals surface area contributed by atoms with Crippen molar-refractivity contribution >= 4 is 16.9 Å². The molecule has 4 rings (SSSR count). The van der Waals surface area contributed by atoms with Gasteiger partial charge in [-0.05, 0) is 28.8 Å². The lowest BCUT2D eigenvalue weighted by molar-refractivity contribution is 0.0342. The van der Waals surface area contributed by atoms with E-state index in [9.17, 15) is 9.59 Å². The zero-order chi connectivity index (χ0) is 19.5. The molecule has 0 spiro atoms. The van der Waals surface area contributed by atoms with E-state index in [1.54, 1.807) is 12.1 Å². The Balaban J connectivity index is 1.69. The van der Waals surface area contributed by atoms with Crippen molar-refractivity contribution in [3.8, 4) is 11.1 Å². The summed E-state index contributed by atoms with van der Waals surface area (Å²) in [6.45, 7) is 4.29. The maximum absolute atomic E-state index is 12.2. The first kappa shape index (κ1) is 18.3. The van der Waals surface area contributed by atoms with E-state index < -0.39 is 5.97 Å². The molecule has 3 aromatic rings. The fourth-order valence-electron chi connectivity index (χ4n) is 3.43. The minimum Gasteiger partial charge on any atom is -0.465 e. The van der Waals surface area contributed by atoms with Crippen LogP contribution in [0.25, 0.3) is 22.0 Å². The number of esters is 1. The van der Waals surface area contributed by atoms with Crippen LogP contribution in [0.2, 0.25) is 0 Å². The molecule has 0 aliphatic carbocycles.